The molecule has 1 aliphatic heterocycles. The molecule has 0 saturated carbocycles. The minimum atomic E-state index is -0.234. The lowest BCUT2D eigenvalue weighted by atomic mass is 10.1. The van der Waals surface area contributed by atoms with Crippen molar-refractivity contribution in [3.05, 3.63) is 77.4 Å². The van der Waals surface area contributed by atoms with Crippen molar-refractivity contribution in [3.63, 3.8) is 0 Å². The summed E-state index contributed by atoms with van der Waals surface area (Å²) in [4.78, 5) is 4.91. The number of halogens is 1. The summed E-state index contributed by atoms with van der Waals surface area (Å²) in [6.45, 7) is 7.71. The van der Waals surface area contributed by atoms with E-state index in [1.165, 1.54) is 17.7 Å². The van der Waals surface area contributed by atoms with Crippen LogP contribution in [0.2, 0.25) is 0 Å². The summed E-state index contributed by atoms with van der Waals surface area (Å²) in [6.07, 6.45) is 0. The standard InChI is InChI=1S/C21H25FN6/c1-17(21-23-24-25-28(21)16-19-7-9-20(22)10-8-19)27-13-11-26(12-14-27)15-18-5-3-2-4-6-18/h2-10,17H,11-16H2,1H3. The van der Waals surface area contributed by atoms with E-state index in [2.05, 4.69) is 62.6 Å². The highest BCUT2D eigenvalue weighted by molar-refractivity contribution is 5.17. The fourth-order valence-electron chi connectivity index (χ4n) is 3.70. The zero-order valence-electron chi connectivity index (χ0n) is 16.1. The van der Waals surface area contributed by atoms with Crippen molar-refractivity contribution in [2.75, 3.05) is 26.2 Å². The van der Waals surface area contributed by atoms with Gasteiger partial charge in [-0.15, -0.1) is 5.10 Å². The summed E-state index contributed by atoms with van der Waals surface area (Å²) in [6, 6.07) is 17.2. The second-order valence-electron chi connectivity index (χ2n) is 7.29. The van der Waals surface area contributed by atoms with Gasteiger partial charge in [-0.3, -0.25) is 9.80 Å². The molecule has 0 N–H and O–H groups in total. The molecule has 1 unspecified atom stereocenters. The van der Waals surface area contributed by atoms with Crippen molar-refractivity contribution in [2.45, 2.75) is 26.1 Å². The maximum Gasteiger partial charge on any atom is 0.168 e. The van der Waals surface area contributed by atoms with Crippen molar-refractivity contribution < 1.29 is 4.39 Å². The molecule has 0 amide bonds. The Balaban J connectivity index is 1.36. The Bertz CT molecular complexity index is 871. The van der Waals surface area contributed by atoms with E-state index in [0.717, 1.165) is 44.1 Å². The van der Waals surface area contributed by atoms with E-state index >= 15 is 0 Å². The van der Waals surface area contributed by atoms with Crippen LogP contribution >= 0.6 is 0 Å². The van der Waals surface area contributed by atoms with Crippen LogP contribution in [0.4, 0.5) is 4.39 Å². The molecular weight excluding hydrogens is 355 g/mol. The van der Waals surface area contributed by atoms with E-state index < -0.39 is 0 Å². The molecule has 1 atom stereocenters. The number of rotatable bonds is 6. The molecule has 0 spiro atoms. The molecule has 0 bridgehead atoms. The Labute approximate surface area is 164 Å². The maximum absolute atomic E-state index is 13.1. The van der Waals surface area contributed by atoms with Gasteiger partial charge < -0.3 is 0 Å². The number of hydrogen-bond acceptors (Lipinski definition) is 5. The van der Waals surface area contributed by atoms with E-state index in [-0.39, 0.29) is 11.9 Å². The van der Waals surface area contributed by atoms with Gasteiger partial charge in [0.1, 0.15) is 5.82 Å². The predicted molar refractivity (Wildman–Crippen MR) is 105 cm³/mol. The van der Waals surface area contributed by atoms with Crippen LogP contribution in [-0.2, 0) is 13.1 Å². The molecule has 1 saturated heterocycles. The van der Waals surface area contributed by atoms with Gasteiger partial charge in [0, 0.05) is 32.7 Å². The lowest BCUT2D eigenvalue weighted by molar-refractivity contribution is 0.0930. The van der Waals surface area contributed by atoms with E-state index in [9.17, 15) is 4.39 Å². The average molecular weight is 380 g/mol. The molecule has 3 aromatic rings. The SMILES string of the molecule is CC(c1nnnn1Cc1ccc(F)cc1)N1CCN(Cc2ccccc2)CC1. The fraction of sp³-hybridized carbons (Fsp3) is 0.381. The highest BCUT2D eigenvalue weighted by atomic mass is 19.1. The highest BCUT2D eigenvalue weighted by Gasteiger charge is 2.25. The molecule has 4 rings (SSSR count). The summed E-state index contributed by atoms with van der Waals surface area (Å²) >= 11 is 0. The van der Waals surface area contributed by atoms with E-state index in [4.69, 9.17) is 0 Å². The van der Waals surface area contributed by atoms with Crippen LogP contribution in [0.5, 0.6) is 0 Å². The van der Waals surface area contributed by atoms with Crippen LogP contribution in [0.1, 0.15) is 29.9 Å². The first-order valence-electron chi connectivity index (χ1n) is 9.70. The van der Waals surface area contributed by atoms with Gasteiger partial charge in [0.05, 0.1) is 12.6 Å². The summed E-state index contributed by atoms with van der Waals surface area (Å²) in [7, 11) is 0. The van der Waals surface area contributed by atoms with Crippen LogP contribution in [0, 0.1) is 5.82 Å². The second-order valence-corrected chi connectivity index (χ2v) is 7.29. The van der Waals surface area contributed by atoms with Gasteiger partial charge in [0.15, 0.2) is 5.82 Å². The Morgan fingerprint density at radius 3 is 2.29 bits per heavy atom. The molecule has 1 aromatic heterocycles. The molecule has 2 aromatic carbocycles. The zero-order chi connectivity index (χ0) is 19.3. The molecule has 1 fully saturated rings. The molecule has 1 aliphatic rings. The van der Waals surface area contributed by atoms with Gasteiger partial charge in [-0.1, -0.05) is 42.5 Å². The third-order valence-corrected chi connectivity index (χ3v) is 5.38. The topological polar surface area (TPSA) is 50.1 Å². The second kappa shape index (κ2) is 8.58. The lowest BCUT2D eigenvalue weighted by Gasteiger charge is -2.37. The first kappa shape index (κ1) is 18.7. The summed E-state index contributed by atoms with van der Waals surface area (Å²) in [5.41, 5.74) is 2.34. The average Bonchev–Trinajstić information content (AvgIpc) is 3.19. The monoisotopic (exact) mass is 380 g/mol. The van der Waals surface area contributed by atoms with Crippen LogP contribution < -0.4 is 0 Å². The third kappa shape index (κ3) is 4.43. The van der Waals surface area contributed by atoms with Crippen molar-refractivity contribution in [3.8, 4) is 0 Å². The minimum absolute atomic E-state index is 0.134. The summed E-state index contributed by atoms with van der Waals surface area (Å²) in [5.74, 6) is 0.614. The summed E-state index contributed by atoms with van der Waals surface area (Å²) < 4.78 is 14.9. The normalized spacial score (nSPS) is 16.9. The van der Waals surface area contributed by atoms with E-state index in [0.29, 0.717) is 6.54 Å². The minimum Gasteiger partial charge on any atom is -0.297 e. The van der Waals surface area contributed by atoms with E-state index in [1.54, 1.807) is 12.1 Å². The molecule has 146 valence electrons. The molecule has 6 nitrogen and oxygen atoms in total. The smallest absolute Gasteiger partial charge is 0.168 e. The van der Waals surface area contributed by atoms with Crippen LogP contribution in [0.25, 0.3) is 0 Å². The van der Waals surface area contributed by atoms with Crippen molar-refractivity contribution in [2.24, 2.45) is 0 Å². The lowest BCUT2D eigenvalue weighted by Crippen LogP contribution is -2.47. The molecule has 0 radical (unpaired) electrons. The van der Waals surface area contributed by atoms with Crippen LogP contribution in [0.15, 0.2) is 54.6 Å². The third-order valence-electron chi connectivity index (χ3n) is 5.38. The molecule has 7 heteroatoms. The quantitative estimate of drug-likeness (QED) is 0.658. The molecule has 0 aliphatic carbocycles. The fourth-order valence-corrected chi connectivity index (χ4v) is 3.70. The highest BCUT2D eigenvalue weighted by Crippen LogP contribution is 2.20. The Hall–Kier alpha value is -2.64. The number of piperazine rings is 1. The number of nitrogens with zero attached hydrogens (tertiary/aromatic N) is 6. The number of hydrogen-bond donors (Lipinski definition) is 0. The maximum atomic E-state index is 13.1. The van der Waals surface area contributed by atoms with Crippen molar-refractivity contribution >= 4 is 0 Å². The predicted octanol–water partition coefficient (Wildman–Crippen LogP) is 2.74. The van der Waals surface area contributed by atoms with Gasteiger partial charge in [0.25, 0.3) is 0 Å². The van der Waals surface area contributed by atoms with Crippen molar-refractivity contribution in [1.82, 2.24) is 30.0 Å². The van der Waals surface area contributed by atoms with Gasteiger partial charge >= 0.3 is 0 Å². The molecule has 28 heavy (non-hydrogen) atoms. The van der Waals surface area contributed by atoms with E-state index in [1.807, 2.05) is 4.68 Å². The number of tetrazole rings is 1. The Kier molecular flexibility index (Phi) is 5.73. The molecular formula is C21H25FN6. The van der Waals surface area contributed by atoms with Gasteiger partial charge in [-0.2, -0.15) is 0 Å². The van der Waals surface area contributed by atoms with Crippen LogP contribution in [-0.4, -0.2) is 56.2 Å². The largest absolute Gasteiger partial charge is 0.297 e. The molecule has 2 heterocycles. The van der Waals surface area contributed by atoms with Gasteiger partial charge in [-0.05, 0) is 40.6 Å². The zero-order valence-corrected chi connectivity index (χ0v) is 16.1. The van der Waals surface area contributed by atoms with Crippen LogP contribution in [0.3, 0.4) is 0 Å². The van der Waals surface area contributed by atoms with Gasteiger partial charge in [0.2, 0.25) is 0 Å². The van der Waals surface area contributed by atoms with Crippen molar-refractivity contribution in [1.29, 1.82) is 0 Å². The first-order valence-corrected chi connectivity index (χ1v) is 9.70. The Morgan fingerprint density at radius 2 is 1.57 bits per heavy atom. The number of benzene rings is 2. The number of aromatic nitrogens is 4. The summed E-state index contributed by atoms with van der Waals surface area (Å²) in [5, 5.41) is 12.3. The first-order chi connectivity index (χ1) is 13.7. The Morgan fingerprint density at radius 1 is 0.893 bits per heavy atom. The van der Waals surface area contributed by atoms with Gasteiger partial charge in [-0.25, -0.2) is 9.07 Å².